The summed E-state index contributed by atoms with van der Waals surface area (Å²) >= 11 is 1.62. The number of carboxylic acids is 1. The second-order valence-electron chi connectivity index (χ2n) is 5.21. The first-order chi connectivity index (χ1) is 10.5. The van der Waals surface area contributed by atoms with Crippen LogP contribution in [0.2, 0.25) is 0 Å². The van der Waals surface area contributed by atoms with E-state index in [0.717, 1.165) is 16.0 Å². The van der Waals surface area contributed by atoms with Crippen LogP contribution < -0.4 is 5.32 Å². The average Bonchev–Trinajstić information content (AvgIpc) is 2.98. The van der Waals surface area contributed by atoms with Crippen molar-refractivity contribution < 1.29 is 14.7 Å². The van der Waals surface area contributed by atoms with Crippen LogP contribution in [-0.2, 0) is 16.0 Å². The van der Waals surface area contributed by atoms with Crippen LogP contribution in [0.1, 0.15) is 34.9 Å². The second-order valence-corrected chi connectivity index (χ2v) is 6.24. The van der Waals surface area contributed by atoms with E-state index < -0.39 is 12.0 Å². The molecule has 0 aliphatic rings. The summed E-state index contributed by atoms with van der Waals surface area (Å²) in [5.41, 5.74) is 1.92. The SMILES string of the molecule is Cc1ccc([C@H](CC(=O)O)NC(=O)CCc2cccs2)cc1. The fourth-order valence-electron chi connectivity index (χ4n) is 2.18. The molecule has 1 heterocycles. The third kappa shape index (κ3) is 5.00. The van der Waals surface area contributed by atoms with Crippen LogP contribution in [0.5, 0.6) is 0 Å². The number of rotatable bonds is 7. The van der Waals surface area contributed by atoms with Crippen molar-refractivity contribution in [2.45, 2.75) is 32.2 Å². The zero-order valence-electron chi connectivity index (χ0n) is 12.4. The lowest BCUT2D eigenvalue weighted by Gasteiger charge is -2.17. The molecule has 1 aromatic carbocycles. The largest absolute Gasteiger partial charge is 0.481 e. The van der Waals surface area contributed by atoms with Crippen molar-refractivity contribution in [1.29, 1.82) is 0 Å². The van der Waals surface area contributed by atoms with Crippen molar-refractivity contribution in [3.8, 4) is 0 Å². The third-order valence-electron chi connectivity index (χ3n) is 3.37. The minimum absolute atomic E-state index is 0.117. The normalized spacial score (nSPS) is 11.9. The van der Waals surface area contributed by atoms with E-state index in [4.69, 9.17) is 5.11 Å². The number of benzene rings is 1. The minimum atomic E-state index is -0.927. The summed E-state index contributed by atoms with van der Waals surface area (Å²) in [5.74, 6) is -1.05. The topological polar surface area (TPSA) is 66.4 Å². The van der Waals surface area contributed by atoms with Gasteiger partial charge in [0.2, 0.25) is 5.91 Å². The Morgan fingerprint density at radius 1 is 1.23 bits per heavy atom. The van der Waals surface area contributed by atoms with E-state index in [1.165, 1.54) is 0 Å². The maximum atomic E-state index is 12.1. The molecule has 116 valence electrons. The van der Waals surface area contributed by atoms with Gasteiger partial charge in [-0.05, 0) is 30.4 Å². The van der Waals surface area contributed by atoms with Crippen LogP contribution in [-0.4, -0.2) is 17.0 Å². The predicted molar refractivity (Wildman–Crippen MR) is 87.0 cm³/mol. The Kier molecular flexibility index (Phi) is 5.72. The highest BCUT2D eigenvalue weighted by Gasteiger charge is 2.18. The summed E-state index contributed by atoms with van der Waals surface area (Å²) < 4.78 is 0. The maximum Gasteiger partial charge on any atom is 0.305 e. The monoisotopic (exact) mass is 317 g/mol. The van der Waals surface area contributed by atoms with Gasteiger partial charge in [0.25, 0.3) is 0 Å². The molecule has 22 heavy (non-hydrogen) atoms. The van der Waals surface area contributed by atoms with Crippen LogP contribution in [0.4, 0.5) is 0 Å². The predicted octanol–water partition coefficient (Wildman–Crippen LogP) is 3.32. The van der Waals surface area contributed by atoms with Crippen molar-refractivity contribution >= 4 is 23.2 Å². The second kappa shape index (κ2) is 7.75. The van der Waals surface area contributed by atoms with E-state index in [9.17, 15) is 9.59 Å². The molecule has 1 atom stereocenters. The molecule has 4 nitrogen and oxygen atoms in total. The number of hydrogen-bond acceptors (Lipinski definition) is 3. The molecule has 0 radical (unpaired) electrons. The first kappa shape index (κ1) is 16.2. The molecule has 0 bridgehead atoms. The number of thiophene rings is 1. The standard InChI is InChI=1S/C17H19NO3S/c1-12-4-6-13(7-5-12)15(11-17(20)21)18-16(19)9-8-14-3-2-10-22-14/h2-7,10,15H,8-9,11H2,1H3,(H,18,19)(H,20,21)/t15-/m0/s1. The molecule has 1 aromatic heterocycles. The fourth-order valence-corrected chi connectivity index (χ4v) is 2.89. The van der Waals surface area contributed by atoms with Gasteiger partial charge in [-0.15, -0.1) is 11.3 Å². The number of hydrogen-bond donors (Lipinski definition) is 2. The highest BCUT2D eigenvalue weighted by atomic mass is 32.1. The van der Waals surface area contributed by atoms with Gasteiger partial charge in [0.1, 0.15) is 0 Å². The van der Waals surface area contributed by atoms with Gasteiger partial charge in [-0.3, -0.25) is 9.59 Å². The van der Waals surface area contributed by atoms with Gasteiger partial charge >= 0.3 is 5.97 Å². The molecule has 5 heteroatoms. The van der Waals surface area contributed by atoms with Crippen LogP contribution in [0.15, 0.2) is 41.8 Å². The van der Waals surface area contributed by atoms with Gasteiger partial charge < -0.3 is 10.4 Å². The van der Waals surface area contributed by atoms with E-state index >= 15 is 0 Å². The number of aryl methyl sites for hydroxylation is 2. The summed E-state index contributed by atoms with van der Waals surface area (Å²) in [4.78, 5) is 24.3. The summed E-state index contributed by atoms with van der Waals surface area (Å²) in [6.45, 7) is 1.97. The first-order valence-electron chi connectivity index (χ1n) is 7.14. The fraction of sp³-hybridized carbons (Fsp3) is 0.294. The van der Waals surface area contributed by atoms with Crippen LogP contribution >= 0.6 is 11.3 Å². The van der Waals surface area contributed by atoms with Crippen molar-refractivity contribution in [2.75, 3.05) is 0 Å². The lowest BCUT2D eigenvalue weighted by atomic mass is 10.0. The molecule has 1 amide bonds. The molecule has 0 fully saturated rings. The summed E-state index contributed by atoms with van der Waals surface area (Å²) in [7, 11) is 0. The van der Waals surface area contributed by atoms with Crippen LogP contribution in [0.3, 0.4) is 0 Å². The number of carboxylic acid groups (broad SMARTS) is 1. The quantitative estimate of drug-likeness (QED) is 0.823. The summed E-state index contributed by atoms with van der Waals surface area (Å²) in [6.07, 6.45) is 0.924. The van der Waals surface area contributed by atoms with Crippen LogP contribution in [0, 0.1) is 6.92 Å². The molecule has 0 saturated heterocycles. The lowest BCUT2D eigenvalue weighted by molar-refractivity contribution is -0.137. The Hall–Kier alpha value is -2.14. The Morgan fingerprint density at radius 2 is 1.95 bits per heavy atom. The van der Waals surface area contributed by atoms with E-state index in [-0.39, 0.29) is 12.3 Å². The minimum Gasteiger partial charge on any atom is -0.481 e. The zero-order valence-corrected chi connectivity index (χ0v) is 13.2. The van der Waals surface area contributed by atoms with E-state index in [1.807, 2.05) is 48.7 Å². The third-order valence-corrected chi connectivity index (χ3v) is 4.31. The molecule has 0 unspecified atom stereocenters. The van der Waals surface area contributed by atoms with E-state index in [1.54, 1.807) is 11.3 Å². The summed E-state index contributed by atoms with van der Waals surface area (Å²) in [5, 5.41) is 13.9. The Bertz CT molecular complexity index is 620. The van der Waals surface area contributed by atoms with E-state index in [0.29, 0.717) is 12.8 Å². The number of carbonyl (C=O) groups is 2. The Balaban J connectivity index is 1.98. The molecule has 2 N–H and O–H groups in total. The average molecular weight is 317 g/mol. The molecule has 0 spiro atoms. The smallest absolute Gasteiger partial charge is 0.305 e. The highest BCUT2D eigenvalue weighted by Crippen LogP contribution is 2.18. The molecule has 2 aromatic rings. The molecule has 2 rings (SSSR count). The van der Waals surface area contributed by atoms with Gasteiger partial charge in [-0.1, -0.05) is 35.9 Å². The van der Waals surface area contributed by atoms with Crippen molar-refractivity contribution in [2.24, 2.45) is 0 Å². The van der Waals surface area contributed by atoms with Gasteiger partial charge in [0.15, 0.2) is 0 Å². The van der Waals surface area contributed by atoms with E-state index in [2.05, 4.69) is 5.32 Å². The van der Waals surface area contributed by atoms with Crippen molar-refractivity contribution in [3.05, 3.63) is 57.8 Å². The molecule has 0 saturated carbocycles. The molecular formula is C17H19NO3S. The Morgan fingerprint density at radius 3 is 2.55 bits per heavy atom. The summed E-state index contributed by atoms with van der Waals surface area (Å²) in [6, 6.07) is 11.0. The molecule has 0 aliphatic heterocycles. The van der Waals surface area contributed by atoms with Gasteiger partial charge in [0, 0.05) is 11.3 Å². The van der Waals surface area contributed by atoms with Gasteiger partial charge in [0.05, 0.1) is 12.5 Å². The number of aliphatic carboxylic acids is 1. The Labute approximate surface area is 133 Å². The van der Waals surface area contributed by atoms with Gasteiger partial charge in [-0.2, -0.15) is 0 Å². The zero-order chi connectivity index (χ0) is 15.9. The number of carbonyl (C=O) groups excluding carboxylic acids is 1. The number of nitrogens with one attached hydrogen (secondary N) is 1. The maximum absolute atomic E-state index is 12.1. The van der Waals surface area contributed by atoms with Crippen molar-refractivity contribution in [1.82, 2.24) is 5.32 Å². The lowest BCUT2D eigenvalue weighted by Crippen LogP contribution is -2.30. The number of amides is 1. The highest BCUT2D eigenvalue weighted by molar-refractivity contribution is 7.09. The molecule has 0 aliphatic carbocycles. The van der Waals surface area contributed by atoms with Gasteiger partial charge in [-0.25, -0.2) is 0 Å². The van der Waals surface area contributed by atoms with Crippen molar-refractivity contribution in [3.63, 3.8) is 0 Å². The van der Waals surface area contributed by atoms with Crippen LogP contribution in [0.25, 0.3) is 0 Å². The molecular weight excluding hydrogens is 298 g/mol. The first-order valence-corrected chi connectivity index (χ1v) is 8.02.